The van der Waals surface area contributed by atoms with E-state index in [-0.39, 0.29) is 159 Å². The number of esters is 1. The van der Waals surface area contributed by atoms with Gasteiger partial charge in [-0.1, -0.05) is 157 Å². The Kier molecular flexibility index (Phi) is 38.8. The van der Waals surface area contributed by atoms with Crippen LogP contribution in [-0.2, 0) is 172 Å². The average molecular weight is 2210 g/mol. The van der Waals surface area contributed by atoms with Crippen molar-refractivity contribution in [1.29, 1.82) is 0 Å². The van der Waals surface area contributed by atoms with E-state index in [1.165, 1.54) is 108 Å². The standard InChI is InChI=1S/C24H19FN2O6S.C14H10BrNO2S.C14H9Cl2NO2S.C14H10ClNO2S.2C14H10FNO2S.5CO2/c1-14-26(10-9-19(28)29)24(32)22(34-14)21-17-11-16(25)7-8-18(17)27(23(21)31)12-20(30)33-13-15-5-3-2-4-6-15;1-7-16(2)14(18)13(19-7)12-10-6-9(15)4-3-8(10)5-11(12)17;1-6-17(2)14(19)13(20-6)12-9-3-7(15)4-10(16)8(9)5-11(12)18;1-7-16(2)14(18)13(19-7)12-8-4-3-5-10(15)9(8)6-11(12)17;1-7-16(2)14(18)13(19-7)12-10-6-9(15)4-3-8(10)5-11(12)17;1-7-16(2)14(18)13(19-7)12-8-4-3-5-10(15)9(8)6-11(12)17;5*2-1-3/h2-8,11H,1,9-10,12-13H2,(H,28,29);3-4,6H,1,5H2,2H3;3-4H,1,5H2,2H3;3-5H,1,6H2,2H3;3-4,6H,1,5H2,2H3;3-5H,1,6H2,2H3;;;;;/b22-21-;5*13-12-;;;;;. The Morgan fingerprint density at radius 2 is 0.752 bits per heavy atom. The number of nitrogens with zero attached hydrogens (tertiary/aromatic N) is 7. The molecule has 0 bridgehead atoms. The number of ketones is 5. The van der Waals surface area contributed by atoms with Gasteiger partial charge in [0, 0.05) is 132 Å². The fourth-order valence-corrected chi connectivity index (χ4v) is 22.2. The summed E-state index contributed by atoms with van der Waals surface area (Å²) in [6, 6.07) is 35.9. The molecule has 0 saturated carbocycles. The van der Waals surface area contributed by atoms with E-state index in [2.05, 4.69) is 55.4 Å². The first-order chi connectivity index (χ1) is 68.7. The number of benzene rings is 7. The van der Waals surface area contributed by atoms with Gasteiger partial charge in [0.15, 0.2) is 28.9 Å². The topological polar surface area (TPSA) is 472 Å². The molecule has 6 aliphatic rings. The van der Waals surface area contributed by atoms with Crippen molar-refractivity contribution in [3.05, 3.63) is 355 Å². The summed E-state index contributed by atoms with van der Waals surface area (Å²) in [5, 5.41) is 10.4. The molecule has 0 spiro atoms. The van der Waals surface area contributed by atoms with Crippen LogP contribution in [0.15, 0.2) is 167 Å². The van der Waals surface area contributed by atoms with Crippen LogP contribution in [-0.4, -0.2) is 117 Å². The number of thiazole rings is 6. The number of carbonyl (C=O) groups excluding carboxylic acids is 17. The molecule has 1 amide bonds. The number of fused-ring (bicyclic) bond motifs is 6. The van der Waals surface area contributed by atoms with Crippen LogP contribution in [0.4, 0.5) is 18.9 Å². The molecule has 33 nitrogen and oxygen atoms in total. The highest BCUT2D eigenvalue weighted by molar-refractivity contribution is 9.10. The first-order valence-electron chi connectivity index (χ1n) is 40.9. The number of carboxylic acids is 1. The number of carbonyl (C=O) groups is 8. The summed E-state index contributed by atoms with van der Waals surface area (Å²) in [6.07, 6.45) is 2.02. The Labute approximate surface area is 857 Å². The van der Waals surface area contributed by atoms with Gasteiger partial charge in [-0.05, 0) is 122 Å². The van der Waals surface area contributed by atoms with E-state index in [4.69, 9.17) is 92.6 Å². The molecule has 0 radical (unpaired) electrons. The highest BCUT2D eigenvalue weighted by Crippen LogP contribution is 2.39. The van der Waals surface area contributed by atoms with Gasteiger partial charge < -0.3 is 32.7 Å². The second-order valence-corrected chi connectivity index (χ2v) is 39.0. The molecule has 0 fully saturated rings. The van der Waals surface area contributed by atoms with Crippen LogP contribution in [0.1, 0.15) is 73.2 Å². The molecule has 7 heterocycles. The summed E-state index contributed by atoms with van der Waals surface area (Å²) in [7, 11) is 8.18. The Balaban J connectivity index is 0.000000191. The molecule has 19 rings (SSSR count). The van der Waals surface area contributed by atoms with Crippen molar-refractivity contribution in [3.8, 4) is 0 Å². The number of carboxylic acid groups (broad SMARTS) is 1. The number of anilines is 1. The van der Waals surface area contributed by atoms with Crippen molar-refractivity contribution in [1.82, 2.24) is 27.4 Å². The molecule has 46 heteroatoms. The minimum absolute atomic E-state index is 0.00653. The van der Waals surface area contributed by atoms with Crippen LogP contribution in [0.2, 0.25) is 15.1 Å². The number of hydrogen-bond donors (Lipinski definition) is 1. The van der Waals surface area contributed by atoms with Crippen LogP contribution in [0, 0.1) is 17.5 Å². The molecule has 1 N–H and O–H groups in total. The van der Waals surface area contributed by atoms with Crippen molar-refractivity contribution in [2.24, 2.45) is 35.2 Å². The van der Waals surface area contributed by atoms with Crippen LogP contribution in [0.3, 0.4) is 0 Å². The Morgan fingerprint density at radius 1 is 0.393 bits per heavy atom. The van der Waals surface area contributed by atoms with Crippen molar-refractivity contribution < 1.29 is 109 Å². The summed E-state index contributed by atoms with van der Waals surface area (Å²) in [6.45, 7) is 22.2. The predicted molar refractivity (Wildman–Crippen MR) is 531 cm³/mol. The normalized spacial score (nSPS) is 14.7. The van der Waals surface area contributed by atoms with Gasteiger partial charge in [-0.3, -0.25) is 76.6 Å². The smallest absolute Gasteiger partial charge is 0.373 e. The monoisotopic (exact) mass is 2200 g/mol. The SMILES string of the molecule is C=c1s/c(=C2\C(=O)Cc3c(Cl)cc(Cl)cc32)c(=O)n1C.C=c1s/c(=C2\C(=O)Cc3c(Cl)cccc32)c(=O)n1C.C=c1s/c(=C2\C(=O)Cc3c(F)cccc32)c(=O)n1C.C=c1s/c(=C2\C(=O)Cc3ccc(Br)cc32)c(=O)n1C.C=c1s/c(=C2\C(=O)Cc3ccc(F)cc32)c(=O)n1C.C=c1s/c(=C2\C(=O)N(CC(=O)OCc3ccccc3)c3ccc(F)cc32)c(=O)n1CCC(=O)O.O=C=O.O=C=O.O=C=O.O=C=O.O=C=O. The summed E-state index contributed by atoms with van der Waals surface area (Å²) >= 11 is 28.6. The fraction of sp³-hybridized carbons (Fsp3) is 0.141. The molecule has 0 saturated heterocycles. The number of Topliss-reactive ketones (excluding diaryl/α,β-unsaturated/α-hetero) is 5. The lowest BCUT2D eigenvalue weighted by Crippen LogP contribution is -2.37. The lowest BCUT2D eigenvalue weighted by molar-refractivity contribution is -0.193. The van der Waals surface area contributed by atoms with Gasteiger partial charge in [0.1, 0.15) is 57.8 Å². The zero-order valence-corrected chi connectivity index (χ0v) is 84.4. The Morgan fingerprint density at radius 3 is 1.18 bits per heavy atom. The van der Waals surface area contributed by atoms with Crippen LogP contribution in [0.25, 0.3) is 72.9 Å². The predicted octanol–water partition coefficient (Wildman–Crippen LogP) is 2.21. The van der Waals surface area contributed by atoms with E-state index in [9.17, 15) is 80.3 Å². The van der Waals surface area contributed by atoms with E-state index in [1.807, 2.05) is 30.3 Å². The van der Waals surface area contributed by atoms with E-state index in [0.717, 1.165) is 71.8 Å². The maximum atomic E-state index is 14.1. The minimum atomic E-state index is -1.09. The van der Waals surface area contributed by atoms with E-state index < -0.39 is 47.4 Å². The lowest BCUT2D eigenvalue weighted by atomic mass is 10.1. The largest absolute Gasteiger partial charge is 0.481 e. The van der Waals surface area contributed by atoms with Crippen molar-refractivity contribution in [3.63, 3.8) is 0 Å². The number of rotatable bonds is 7. The maximum Gasteiger partial charge on any atom is 0.373 e. The van der Waals surface area contributed by atoms with Gasteiger partial charge in [0.25, 0.3) is 39.3 Å². The van der Waals surface area contributed by atoms with Crippen molar-refractivity contribution >= 4 is 275 Å². The highest BCUT2D eigenvalue weighted by atomic mass is 79.9. The van der Waals surface area contributed by atoms with Gasteiger partial charge in [-0.2, -0.15) is 47.9 Å². The van der Waals surface area contributed by atoms with Crippen LogP contribution < -0.4 is 93.4 Å². The van der Waals surface area contributed by atoms with Gasteiger partial charge in [0.05, 0.1) is 45.7 Å². The Bertz CT molecular complexity index is 8470. The minimum Gasteiger partial charge on any atom is -0.481 e. The summed E-state index contributed by atoms with van der Waals surface area (Å²) in [5.41, 5.74) is 8.63. The average Bonchev–Trinajstić information content (AvgIpc) is 1.59. The number of aliphatic carboxylic acids is 1. The maximum absolute atomic E-state index is 14.1. The summed E-state index contributed by atoms with van der Waals surface area (Å²) in [5.74, 6) is -4.34. The zero-order valence-electron chi connectivity index (χ0n) is 75.7. The molecule has 13 aromatic rings. The highest BCUT2D eigenvalue weighted by Gasteiger charge is 2.38. The summed E-state index contributed by atoms with van der Waals surface area (Å²) < 4.78 is 61.0. The zero-order chi connectivity index (χ0) is 107. The molecule has 145 heavy (non-hydrogen) atoms. The fourth-order valence-electron chi connectivity index (χ4n) is 15.0. The van der Waals surface area contributed by atoms with E-state index in [0.29, 0.717) is 118 Å². The first kappa shape index (κ1) is 113. The first-order valence-corrected chi connectivity index (χ1v) is 47.7. The van der Waals surface area contributed by atoms with Gasteiger partial charge in [0.2, 0.25) is 0 Å². The second kappa shape index (κ2) is 49.9. The number of hydrogen-bond acceptors (Lipinski definition) is 31. The molecule has 0 unspecified atom stereocenters. The van der Waals surface area contributed by atoms with Crippen LogP contribution in [0.5, 0.6) is 0 Å². The molecule has 0 atom stereocenters. The Hall–Kier alpha value is -15.6. The summed E-state index contributed by atoms with van der Waals surface area (Å²) in [4.78, 5) is 254. The molecule has 740 valence electrons. The molecule has 6 aromatic heterocycles. The van der Waals surface area contributed by atoms with Gasteiger partial charge in [-0.25, -0.2) is 13.2 Å². The number of aromatic nitrogens is 6. The molecular formula is C99H68BrCl3F3N7O26S6. The van der Waals surface area contributed by atoms with E-state index >= 15 is 0 Å². The van der Waals surface area contributed by atoms with Crippen molar-refractivity contribution in [2.45, 2.75) is 51.7 Å². The third-order valence-electron chi connectivity index (χ3n) is 21.8. The van der Waals surface area contributed by atoms with E-state index in [1.54, 1.807) is 102 Å². The number of halogens is 7. The third kappa shape index (κ3) is 25.2. The molecular weight excluding hydrogens is 2140 g/mol. The third-order valence-corrected chi connectivity index (χ3v) is 29.7. The molecule has 5 aliphatic carbocycles. The molecule has 1 aliphatic heterocycles. The van der Waals surface area contributed by atoms with Crippen LogP contribution >= 0.6 is 119 Å². The van der Waals surface area contributed by atoms with Gasteiger partial charge >= 0.3 is 42.7 Å². The quantitative estimate of drug-likeness (QED) is 0.223. The van der Waals surface area contributed by atoms with Gasteiger partial charge in [-0.15, -0.1) is 68.0 Å². The number of ether oxygens (including phenoxy) is 1. The van der Waals surface area contributed by atoms with Crippen molar-refractivity contribution in [2.75, 3.05) is 11.4 Å². The number of amides is 1. The lowest BCUT2D eigenvalue weighted by Gasteiger charge is -2.16. The molecule has 7 aromatic carbocycles. The second-order valence-electron chi connectivity index (χ2n) is 30.3.